The van der Waals surface area contributed by atoms with Crippen LogP contribution in [-0.2, 0) is 4.79 Å². The lowest BCUT2D eigenvalue weighted by Gasteiger charge is -2.16. The molecule has 0 aliphatic carbocycles. The van der Waals surface area contributed by atoms with E-state index in [0.717, 1.165) is 26.1 Å². The molecule has 4 nitrogen and oxygen atoms in total. The van der Waals surface area contributed by atoms with Crippen LogP contribution < -0.4 is 10.6 Å². The van der Waals surface area contributed by atoms with E-state index in [1.807, 2.05) is 0 Å². The number of rotatable bonds is 2. The first kappa shape index (κ1) is 10.5. The Kier molecular flexibility index (Phi) is 4.18. The molecule has 1 heterocycles. The van der Waals surface area contributed by atoms with Gasteiger partial charge in [0.15, 0.2) is 0 Å². The molecule has 0 aromatic rings. The molecule has 0 spiro atoms. The van der Waals surface area contributed by atoms with Gasteiger partial charge in [-0.05, 0) is 13.0 Å². The highest BCUT2D eigenvalue weighted by Crippen LogP contribution is 1.99. The van der Waals surface area contributed by atoms with E-state index in [1.54, 1.807) is 19.0 Å². The highest BCUT2D eigenvalue weighted by molar-refractivity contribution is 5.76. The first-order chi connectivity index (χ1) is 6.20. The molecule has 1 aliphatic heterocycles. The molecule has 1 atom stereocenters. The molecular weight excluding hydrogens is 166 g/mol. The van der Waals surface area contributed by atoms with E-state index in [9.17, 15) is 4.79 Å². The Labute approximate surface area is 79.7 Å². The standard InChI is InChI=1S/C9H18N3O/c1-12(2)9(13)6-8-7-10-4-3-5-11-8/h8,10H,3-7H2,1-2H3. The fourth-order valence-corrected chi connectivity index (χ4v) is 1.33. The second-order valence-electron chi connectivity index (χ2n) is 3.61. The quantitative estimate of drug-likeness (QED) is 0.625. The van der Waals surface area contributed by atoms with Gasteiger partial charge in [0.05, 0.1) is 0 Å². The van der Waals surface area contributed by atoms with Crippen LogP contribution >= 0.6 is 0 Å². The lowest BCUT2D eigenvalue weighted by atomic mass is 10.2. The molecule has 0 aromatic carbocycles. The van der Waals surface area contributed by atoms with Gasteiger partial charge < -0.3 is 10.2 Å². The number of nitrogens with one attached hydrogen (secondary N) is 1. The lowest BCUT2D eigenvalue weighted by Crippen LogP contribution is -2.36. The molecule has 1 amide bonds. The summed E-state index contributed by atoms with van der Waals surface area (Å²) in [6, 6.07) is 0.178. The van der Waals surface area contributed by atoms with Crippen LogP contribution in [0.1, 0.15) is 12.8 Å². The molecule has 0 saturated carbocycles. The topological polar surface area (TPSA) is 46.4 Å². The number of hydrogen-bond donors (Lipinski definition) is 1. The van der Waals surface area contributed by atoms with Gasteiger partial charge in [-0.25, -0.2) is 5.32 Å². The monoisotopic (exact) mass is 184 g/mol. The molecule has 1 fully saturated rings. The highest BCUT2D eigenvalue weighted by atomic mass is 16.2. The van der Waals surface area contributed by atoms with Crippen molar-refractivity contribution in [2.75, 3.05) is 33.7 Å². The van der Waals surface area contributed by atoms with Gasteiger partial charge in [0.1, 0.15) is 0 Å². The summed E-state index contributed by atoms with van der Waals surface area (Å²) in [6.45, 7) is 2.76. The van der Waals surface area contributed by atoms with E-state index in [4.69, 9.17) is 0 Å². The van der Waals surface area contributed by atoms with Crippen LogP contribution in [0.2, 0.25) is 0 Å². The van der Waals surface area contributed by atoms with Gasteiger partial charge in [0, 0.05) is 39.6 Å². The van der Waals surface area contributed by atoms with Crippen molar-refractivity contribution in [3.8, 4) is 0 Å². The zero-order valence-corrected chi connectivity index (χ0v) is 8.42. The first-order valence-corrected chi connectivity index (χ1v) is 4.77. The van der Waals surface area contributed by atoms with Gasteiger partial charge in [0.25, 0.3) is 0 Å². The second-order valence-corrected chi connectivity index (χ2v) is 3.61. The molecule has 1 radical (unpaired) electrons. The van der Waals surface area contributed by atoms with Crippen molar-refractivity contribution in [1.29, 1.82) is 0 Å². The Hall–Kier alpha value is -0.610. The van der Waals surface area contributed by atoms with E-state index in [-0.39, 0.29) is 11.9 Å². The lowest BCUT2D eigenvalue weighted by molar-refractivity contribution is -0.129. The van der Waals surface area contributed by atoms with Gasteiger partial charge in [-0.15, -0.1) is 0 Å². The van der Waals surface area contributed by atoms with Gasteiger partial charge in [-0.3, -0.25) is 4.79 Å². The summed E-state index contributed by atoms with van der Waals surface area (Å²) in [6.07, 6.45) is 1.63. The Morgan fingerprint density at radius 2 is 2.38 bits per heavy atom. The van der Waals surface area contributed by atoms with E-state index in [0.29, 0.717) is 6.42 Å². The highest BCUT2D eigenvalue weighted by Gasteiger charge is 2.16. The van der Waals surface area contributed by atoms with Crippen molar-refractivity contribution in [3.05, 3.63) is 0 Å². The third-order valence-corrected chi connectivity index (χ3v) is 2.19. The summed E-state index contributed by atoms with van der Waals surface area (Å²) >= 11 is 0. The molecule has 75 valence electrons. The summed E-state index contributed by atoms with van der Waals surface area (Å²) in [7, 11) is 3.57. The maximum absolute atomic E-state index is 11.4. The molecule has 1 N–H and O–H groups in total. The SMILES string of the molecule is CN(C)C(=O)CC1CNCCC[N]1. The van der Waals surface area contributed by atoms with E-state index in [2.05, 4.69) is 10.6 Å². The first-order valence-electron chi connectivity index (χ1n) is 4.77. The minimum atomic E-state index is 0.164. The molecule has 13 heavy (non-hydrogen) atoms. The van der Waals surface area contributed by atoms with Gasteiger partial charge in [-0.2, -0.15) is 0 Å². The van der Waals surface area contributed by atoms with Crippen LogP contribution in [0.15, 0.2) is 0 Å². The number of amides is 1. The Bertz CT molecular complexity index is 162. The van der Waals surface area contributed by atoms with Crippen LogP contribution in [0.25, 0.3) is 0 Å². The molecule has 0 aromatic heterocycles. The fraction of sp³-hybridized carbons (Fsp3) is 0.889. The molecular formula is C9H18N3O. The van der Waals surface area contributed by atoms with Crippen LogP contribution in [0.5, 0.6) is 0 Å². The van der Waals surface area contributed by atoms with Crippen molar-refractivity contribution in [1.82, 2.24) is 15.5 Å². The van der Waals surface area contributed by atoms with E-state index >= 15 is 0 Å². The summed E-state index contributed by atoms with van der Waals surface area (Å²) in [5.74, 6) is 0.164. The maximum Gasteiger partial charge on any atom is 0.223 e. The Morgan fingerprint density at radius 1 is 1.62 bits per heavy atom. The van der Waals surface area contributed by atoms with Gasteiger partial charge in [0.2, 0.25) is 5.91 Å². The Balaban J connectivity index is 2.29. The summed E-state index contributed by atoms with van der Waals surface area (Å²) in [4.78, 5) is 13.0. The average Bonchev–Trinajstić information content (AvgIpc) is 2.32. The van der Waals surface area contributed by atoms with Crippen molar-refractivity contribution in [2.45, 2.75) is 18.9 Å². The molecule has 1 unspecified atom stereocenters. The normalized spacial score (nSPS) is 23.7. The summed E-state index contributed by atoms with van der Waals surface area (Å²) in [5.41, 5.74) is 0. The number of hydrogen-bond acceptors (Lipinski definition) is 2. The van der Waals surface area contributed by atoms with Gasteiger partial charge in [-0.1, -0.05) is 0 Å². The van der Waals surface area contributed by atoms with E-state index in [1.165, 1.54) is 0 Å². The molecule has 0 bridgehead atoms. The number of carbonyl (C=O) groups is 1. The van der Waals surface area contributed by atoms with Crippen LogP contribution in [0.4, 0.5) is 0 Å². The van der Waals surface area contributed by atoms with Gasteiger partial charge >= 0.3 is 0 Å². The largest absolute Gasteiger partial charge is 0.349 e. The average molecular weight is 184 g/mol. The predicted molar refractivity (Wildman–Crippen MR) is 51.6 cm³/mol. The molecule has 1 rings (SSSR count). The minimum absolute atomic E-state index is 0.164. The summed E-state index contributed by atoms with van der Waals surface area (Å²) in [5, 5.41) is 7.71. The van der Waals surface area contributed by atoms with Crippen LogP contribution in [0, 0.1) is 0 Å². The molecule has 1 saturated heterocycles. The Morgan fingerprint density at radius 3 is 3.08 bits per heavy atom. The van der Waals surface area contributed by atoms with Crippen LogP contribution in [-0.4, -0.2) is 50.6 Å². The minimum Gasteiger partial charge on any atom is -0.349 e. The fourth-order valence-electron chi connectivity index (χ4n) is 1.33. The third kappa shape index (κ3) is 3.74. The molecule has 4 heteroatoms. The number of nitrogens with zero attached hydrogens (tertiary/aromatic N) is 2. The predicted octanol–water partition coefficient (Wildman–Crippen LogP) is -0.569. The van der Waals surface area contributed by atoms with Crippen LogP contribution in [0.3, 0.4) is 0 Å². The zero-order chi connectivity index (χ0) is 9.68. The molecule has 1 aliphatic rings. The van der Waals surface area contributed by atoms with Crippen molar-refractivity contribution in [3.63, 3.8) is 0 Å². The van der Waals surface area contributed by atoms with E-state index < -0.39 is 0 Å². The van der Waals surface area contributed by atoms with Crippen molar-refractivity contribution in [2.24, 2.45) is 0 Å². The summed E-state index contributed by atoms with van der Waals surface area (Å²) < 4.78 is 0. The van der Waals surface area contributed by atoms with Crippen molar-refractivity contribution < 1.29 is 4.79 Å². The van der Waals surface area contributed by atoms with Crippen molar-refractivity contribution >= 4 is 5.91 Å². The zero-order valence-electron chi connectivity index (χ0n) is 8.42. The maximum atomic E-state index is 11.4. The number of carbonyl (C=O) groups excluding carboxylic acids is 1. The smallest absolute Gasteiger partial charge is 0.223 e. The second kappa shape index (κ2) is 5.19. The third-order valence-electron chi connectivity index (χ3n) is 2.19.